The lowest BCUT2D eigenvalue weighted by Crippen LogP contribution is -2.23. The predicted molar refractivity (Wildman–Crippen MR) is 61.8 cm³/mol. The van der Waals surface area contributed by atoms with Gasteiger partial charge in [0.05, 0.1) is 23.6 Å². The van der Waals surface area contributed by atoms with E-state index in [1.165, 1.54) is 6.07 Å². The van der Waals surface area contributed by atoms with Crippen LogP contribution in [0.4, 0.5) is 0 Å². The van der Waals surface area contributed by atoms with E-state index in [2.05, 4.69) is 9.97 Å². The summed E-state index contributed by atoms with van der Waals surface area (Å²) in [5, 5.41) is 0. The second-order valence-corrected chi connectivity index (χ2v) is 4.40. The van der Waals surface area contributed by atoms with E-state index in [-0.39, 0.29) is 16.9 Å². The average Bonchev–Trinajstić information content (AvgIpc) is 3.06. The summed E-state index contributed by atoms with van der Waals surface area (Å²) in [4.78, 5) is 18.6. The lowest BCUT2D eigenvalue weighted by molar-refractivity contribution is 0.123. The van der Waals surface area contributed by atoms with Gasteiger partial charge < -0.3 is 9.72 Å². The third-order valence-corrected chi connectivity index (χ3v) is 3.14. The maximum atomic E-state index is 11.4. The molecule has 2 rings (SSSR count). The first-order valence-corrected chi connectivity index (χ1v) is 5.98. The molecule has 0 bridgehead atoms. The van der Waals surface area contributed by atoms with Gasteiger partial charge in [0.15, 0.2) is 0 Å². The van der Waals surface area contributed by atoms with Gasteiger partial charge in [-0.15, -0.1) is 11.6 Å². The molecule has 1 saturated carbocycles. The second-order valence-electron chi connectivity index (χ2n) is 4.14. The summed E-state index contributed by atoms with van der Waals surface area (Å²) in [6, 6.07) is 1.44. The molecule has 1 heterocycles. The highest BCUT2D eigenvalue weighted by Crippen LogP contribution is 2.46. The second kappa shape index (κ2) is 4.55. The highest BCUT2D eigenvalue weighted by atomic mass is 35.5. The van der Waals surface area contributed by atoms with Crippen LogP contribution in [0.3, 0.4) is 0 Å². The van der Waals surface area contributed by atoms with Crippen LogP contribution in [-0.2, 0) is 16.0 Å². The molecule has 4 nitrogen and oxygen atoms in total. The number of aromatic amines is 1. The fraction of sp³-hybridized carbons (Fsp3) is 0.636. The van der Waals surface area contributed by atoms with Gasteiger partial charge in [0.2, 0.25) is 0 Å². The van der Waals surface area contributed by atoms with Crippen LogP contribution in [0.15, 0.2) is 10.9 Å². The Labute approximate surface area is 99.0 Å². The molecular weight excluding hydrogens is 228 g/mol. The maximum absolute atomic E-state index is 11.4. The molecule has 88 valence electrons. The molecule has 0 radical (unpaired) electrons. The van der Waals surface area contributed by atoms with Crippen molar-refractivity contribution >= 4 is 11.6 Å². The molecule has 1 aromatic rings. The molecule has 0 saturated heterocycles. The number of nitrogens with one attached hydrogen (secondary N) is 1. The van der Waals surface area contributed by atoms with Crippen LogP contribution in [0, 0.1) is 0 Å². The minimum atomic E-state index is -0.136. The van der Waals surface area contributed by atoms with E-state index in [4.69, 9.17) is 16.3 Å². The van der Waals surface area contributed by atoms with Crippen LogP contribution < -0.4 is 5.56 Å². The van der Waals surface area contributed by atoms with E-state index in [0.717, 1.165) is 18.7 Å². The first-order chi connectivity index (χ1) is 7.70. The van der Waals surface area contributed by atoms with Crippen molar-refractivity contribution in [1.82, 2.24) is 9.97 Å². The van der Waals surface area contributed by atoms with Gasteiger partial charge in [0.1, 0.15) is 5.82 Å². The van der Waals surface area contributed by atoms with E-state index < -0.39 is 0 Å². The van der Waals surface area contributed by atoms with Crippen LogP contribution in [0.5, 0.6) is 0 Å². The fourth-order valence-electron chi connectivity index (χ4n) is 1.73. The van der Waals surface area contributed by atoms with Gasteiger partial charge in [-0.3, -0.25) is 4.79 Å². The standard InChI is InChI=1S/C11H15ClN2O2/c1-2-16-7-11(3-4-11)10-13-8(6-12)5-9(15)14-10/h5H,2-4,6-7H2,1H3,(H,13,14,15). The summed E-state index contributed by atoms with van der Waals surface area (Å²) in [5.74, 6) is 0.992. The van der Waals surface area contributed by atoms with E-state index in [0.29, 0.717) is 18.9 Å². The third kappa shape index (κ3) is 2.28. The van der Waals surface area contributed by atoms with Crippen molar-refractivity contribution in [2.24, 2.45) is 0 Å². The average molecular weight is 243 g/mol. The Morgan fingerprint density at radius 2 is 2.38 bits per heavy atom. The zero-order chi connectivity index (χ0) is 11.6. The van der Waals surface area contributed by atoms with Crippen molar-refractivity contribution < 1.29 is 4.74 Å². The van der Waals surface area contributed by atoms with Crippen LogP contribution in [0.25, 0.3) is 0 Å². The number of halogens is 1. The number of alkyl halides is 1. The predicted octanol–water partition coefficient (Wildman–Crippen LogP) is 1.58. The molecular formula is C11H15ClN2O2. The maximum Gasteiger partial charge on any atom is 0.251 e. The van der Waals surface area contributed by atoms with E-state index >= 15 is 0 Å². The molecule has 1 aliphatic rings. The van der Waals surface area contributed by atoms with Crippen LogP contribution in [-0.4, -0.2) is 23.2 Å². The topological polar surface area (TPSA) is 55.0 Å². The summed E-state index contributed by atoms with van der Waals surface area (Å²) < 4.78 is 5.43. The van der Waals surface area contributed by atoms with Crippen LogP contribution in [0.2, 0.25) is 0 Å². The summed E-state index contributed by atoms with van der Waals surface area (Å²) in [6.45, 7) is 3.26. The highest BCUT2D eigenvalue weighted by molar-refractivity contribution is 6.16. The van der Waals surface area contributed by atoms with Crippen molar-refractivity contribution in [3.63, 3.8) is 0 Å². The summed E-state index contributed by atoms with van der Waals surface area (Å²) in [7, 11) is 0. The Bertz CT molecular complexity index is 426. The Morgan fingerprint density at radius 1 is 1.62 bits per heavy atom. The van der Waals surface area contributed by atoms with E-state index in [1.807, 2.05) is 6.92 Å². The number of hydrogen-bond acceptors (Lipinski definition) is 3. The Kier molecular flexibility index (Phi) is 3.30. The van der Waals surface area contributed by atoms with Crippen LogP contribution in [0.1, 0.15) is 31.3 Å². The number of hydrogen-bond donors (Lipinski definition) is 1. The molecule has 1 fully saturated rings. The molecule has 0 amide bonds. The Balaban J connectivity index is 2.26. The molecule has 5 heteroatoms. The summed E-state index contributed by atoms with van der Waals surface area (Å²) in [5.41, 5.74) is 0.420. The number of aromatic nitrogens is 2. The molecule has 1 aliphatic carbocycles. The van der Waals surface area contributed by atoms with Gasteiger partial charge in [0.25, 0.3) is 5.56 Å². The van der Waals surface area contributed by atoms with Crippen molar-refractivity contribution in [3.05, 3.63) is 27.9 Å². The molecule has 16 heavy (non-hydrogen) atoms. The zero-order valence-electron chi connectivity index (χ0n) is 9.25. The largest absolute Gasteiger partial charge is 0.381 e. The lowest BCUT2D eigenvalue weighted by atomic mass is 10.1. The lowest BCUT2D eigenvalue weighted by Gasteiger charge is -2.14. The van der Waals surface area contributed by atoms with Crippen LogP contribution >= 0.6 is 11.6 Å². The summed E-state index contributed by atoms with van der Waals surface area (Å²) >= 11 is 5.70. The highest BCUT2D eigenvalue weighted by Gasteiger charge is 2.47. The molecule has 1 aromatic heterocycles. The van der Waals surface area contributed by atoms with Crippen molar-refractivity contribution in [2.45, 2.75) is 31.1 Å². The molecule has 0 aliphatic heterocycles. The number of ether oxygens (including phenoxy) is 1. The Hall–Kier alpha value is -0.870. The van der Waals surface area contributed by atoms with Gasteiger partial charge in [-0.25, -0.2) is 4.98 Å². The molecule has 0 unspecified atom stereocenters. The molecule has 1 N–H and O–H groups in total. The normalized spacial score (nSPS) is 17.4. The smallest absolute Gasteiger partial charge is 0.251 e. The first-order valence-electron chi connectivity index (χ1n) is 5.44. The van der Waals surface area contributed by atoms with Gasteiger partial charge in [0, 0.05) is 12.7 Å². The Morgan fingerprint density at radius 3 is 2.94 bits per heavy atom. The van der Waals surface area contributed by atoms with Gasteiger partial charge in [-0.2, -0.15) is 0 Å². The van der Waals surface area contributed by atoms with E-state index in [1.54, 1.807) is 0 Å². The monoisotopic (exact) mass is 242 g/mol. The SMILES string of the molecule is CCOCC1(c2nc(CCl)cc(=O)[nH]2)CC1. The molecule has 0 spiro atoms. The van der Waals surface area contributed by atoms with Crippen molar-refractivity contribution in [1.29, 1.82) is 0 Å². The first kappa shape index (κ1) is 11.6. The zero-order valence-corrected chi connectivity index (χ0v) is 10.0. The van der Waals surface area contributed by atoms with Crippen molar-refractivity contribution in [3.8, 4) is 0 Å². The van der Waals surface area contributed by atoms with E-state index in [9.17, 15) is 4.79 Å². The minimum absolute atomic E-state index is 0.0722. The third-order valence-electron chi connectivity index (χ3n) is 2.87. The quantitative estimate of drug-likeness (QED) is 0.798. The molecule has 0 atom stereocenters. The fourth-order valence-corrected chi connectivity index (χ4v) is 1.86. The minimum Gasteiger partial charge on any atom is -0.381 e. The van der Waals surface area contributed by atoms with Gasteiger partial charge in [-0.1, -0.05) is 0 Å². The van der Waals surface area contributed by atoms with Gasteiger partial charge in [-0.05, 0) is 19.8 Å². The number of H-pyrrole nitrogens is 1. The number of nitrogens with zero attached hydrogens (tertiary/aromatic N) is 1. The molecule has 0 aromatic carbocycles. The van der Waals surface area contributed by atoms with Crippen molar-refractivity contribution in [2.75, 3.05) is 13.2 Å². The number of rotatable bonds is 5. The van der Waals surface area contributed by atoms with Gasteiger partial charge >= 0.3 is 0 Å². The summed E-state index contributed by atoms with van der Waals surface area (Å²) in [6.07, 6.45) is 2.03.